The first kappa shape index (κ1) is 12.4. The number of rotatable bonds is 2. The maximum atomic E-state index is 12.3. The predicted molar refractivity (Wildman–Crippen MR) is 70.0 cm³/mol. The SMILES string of the molecule is CO[C@H]1CC[C@H](N2C(=O)c3ccccc3C2=O)CC1. The fourth-order valence-electron chi connectivity index (χ4n) is 3.08. The summed E-state index contributed by atoms with van der Waals surface area (Å²) >= 11 is 0. The van der Waals surface area contributed by atoms with Crippen molar-refractivity contribution < 1.29 is 14.3 Å². The second-order valence-corrected chi connectivity index (χ2v) is 5.19. The van der Waals surface area contributed by atoms with Crippen molar-refractivity contribution in [1.29, 1.82) is 0 Å². The summed E-state index contributed by atoms with van der Waals surface area (Å²) in [6, 6.07) is 7.09. The zero-order valence-corrected chi connectivity index (χ0v) is 11.0. The number of benzene rings is 1. The molecule has 0 radical (unpaired) electrons. The van der Waals surface area contributed by atoms with Crippen molar-refractivity contribution >= 4 is 11.8 Å². The van der Waals surface area contributed by atoms with Gasteiger partial charge in [0.05, 0.1) is 17.2 Å². The van der Waals surface area contributed by atoms with E-state index in [1.54, 1.807) is 31.4 Å². The minimum atomic E-state index is -0.138. The molecule has 2 aliphatic rings. The van der Waals surface area contributed by atoms with Gasteiger partial charge < -0.3 is 4.74 Å². The summed E-state index contributed by atoms with van der Waals surface area (Å²) in [5.41, 5.74) is 1.09. The average molecular weight is 259 g/mol. The van der Waals surface area contributed by atoms with Gasteiger partial charge in [-0.1, -0.05) is 12.1 Å². The van der Waals surface area contributed by atoms with Crippen LogP contribution < -0.4 is 0 Å². The van der Waals surface area contributed by atoms with Gasteiger partial charge in [-0.15, -0.1) is 0 Å². The molecule has 1 saturated carbocycles. The number of fused-ring (bicyclic) bond motifs is 1. The van der Waals surface area contributed by atoms with Crippen LogP contribution in [0.5, 0.6) is 0 Å². The summed E-state index contributed by atoms with van der Waals surface area (Å²) in [4.78, 5) is 26.1. The predicted octanol–water partition coefficient (Wildman–Crippen LogP) is 2.24. The maximum Gasteiger partial charge on any atom is 0.261 e. The molecule has 4 nitrogen and oxygen atoms in total. The van der Waals surface area contributed by atoms with E-state index in [9.17, 15) is 9.59 Å². The van der Waals surface area contributed by atoms with Crippen molar-refractivity contribution in [3.8, 4) is 0 Å². The standard InChI is InChI=1S/C15H17NO3/c1-19-11-8-6-10(7-9-11)16-14(17)12-4-2-3-5-13(12)15(16)18/h2-5,10-11H,6-9H2,1H3/t10-,11-. The fraction of sp³-hybridized carbons (Fsp3) is 0.467. The van der Waals surface area contributed by atoms with Gasteiger partial charge in [-0.3, -0.25) is 14.5 Å². The smallest absolute Gasteiger partial charge is 0.261 e. The number of imide groups is 1. The van der Waals surface area contributed by atoms with Crippen LogP contribution in [0, 0.1) is 0 Å². The Morgan fingerprint density at radius 1 is 1.00 bits per heavy atom. The molecular formula is C15H17NO3. The number of amides is 2. The summed E-state index contributed by atoms with van der Waals surface area (Å²) in [6.07, 6.45) is 3.77. The molecule has 1 aliphatic heterocycles. The first-order valence-corrected chi connectivity index (χ1v) is 6.72. The number of hydrogen-bond acceptors (Lipinski definition) is 3. The van der Waals surface area contributed by atoms with Crippen molar-refractivity contribution in [2.75, 3.05) is 7.11 Å². The molecule has 0 unspecified atom stereocenters. The van der Waals surface area contributed by atoms with E-state index >= 15 is 0 Å². The summed E-state index contributed by atoms with van der Waals surface area (Å²) in [5, 5.41) is 0. The second kappa shape index (κ2) is 4.78. The lowest BCUT2D eigenvalue weighted by molar-refractivity contribution is 0.0325. The van der Waals surface area contributed by atoms with E-state index in [1.807, 2.05) is 0 Å². The highest BCUT2D eigenvalue weighted by Crippen LogP contribution is 2.31. The lowest BCUT2D eigenvalue weighted by Crippen LogP contribution is -2.42. The molecule has 0 bridgehead atoms. The van der Waals surface area contributed by atoms with Crippen LogP contribution >= 0.6 is 0 Å². The first-order valence-electron chi connectivity index (χ1n) is 6.72. The minimum absolute atomic E-state index is 0.0267. The van der Waals surface area contributed by atoms with Gasteiger partial charge in [0.2, 0.25) is 0 Å². The quantitative estimate of drug-likeness (QED) is 0.765. The Morgan fingerprint density at radius 2 is 1.53 bits per heavy atom. The molecule has 1 heterocycles. The highest BCUT2D eigenvalue weighted by molar-refractivity contribution is 6.21. The Labute approximate surface area is 112 Å². The largest absolute Gasteiger partial charge is 0.381 e. The molecule has 1 aromatic rings. The molecule has 0 saturated heterocycles. The van der Waals surface area contributed by atoms with E-state index in [0.29, 0.717) is 11.1 Å². The normalized spacial score (nSPS) is 26.7. The van der Waals surface area contributed by atoms with Crippen LogP contribution in [0.2, 0.25) is 0 Å². The zero-order chi connectivity index (χ0) is 13.4. The lowest BCUT2D eigenvalue weighted by atomic mass is 9.92. The van der Waals surface area contributed by atoms with Crippen molar-refractivity contribution in [3.05, 3.63) is 35.4 Å². The molecule has 1 aromatic carbocycles. The van der Waals surface area contributed by atoms with Crippen LogP contribution in [-0.2, 0) is 4.74 Å². The van der Waals surface area contributed by atoms with Crippen molar-refractivity contribution in [3.63, 3.8) is 0 Å². The first-order chi connectivity index (χ1) is 9.22. The second-order valence-electron chi connectivity index (χ2n) is 5.19. The van der Waals surface area contributed by atoms with Crippen molar-refractivity contribution in [2.24, 2.45) is 0 Å². The van der Waals surface area contributed by atoms with Crippen molar-refractivity contribution in [1.82, 2.24) is 4.90 Å². The number of hydrogen-bond donors (Lipinski definition) is 0. The van der Waals surface area contributed by atoms with Gasteiger partial charge in [0.25, 0.3) is 11.8 Å². The molecule has 4 heteroatoms. The van der Waals surface area contributed by atoms with E-state index in [2.05, 4.69) is 0 Å². The van der Waals surface area contributed by atoms with Crippen LogP contribution in [0.4, 0.5) is 0 Å². The van der Waals surface area contributed by atoms with E-state index in [-0.39, 0.29) is 24.0 Å². The molecule has 100 valence electrons. The lowest BCUT2D eigenvalue weighted by Gasteiger charge is -2.32. The highest BCUT2D eigenvalue weighted by atomic mass is 16.5. The maximum absolute atomic E-state index is 12.3. The van der Waals surface area contributed by atoms with E-state index in [4.69, 9.17) is 4.74 Å². The van der Waals surface area contributed by atoms with Crippen LogP contribution in [0.25, 0.3) is 0 Å². The molecule has 19 heavy (non-hydrogen) atoms. The van der Waals surface area contributed by atoms with E-state index in [0.717, 1.165) is 25.7 Å². The zero-order valence-electron chi connectivity index (χ0n) is 11.0. The number of nitrogens with zero attached hydrogens (tertiary/aromatic N) is 1. The van der Waals surface area contributed by atoms with Gasteiger partial charge in [-0.25, -0.2) is 0 Å². The van der Waals surface area contributed by atoms with Gasteiger partial charge in [0.1, 0.15) is 0 Å². The van der Waals surface area contributed by atoms with E-state index in [1.165, 1.54) is 4.90 Å². The summed E-state index contributed by atoms with van der Waals surface area (Å²) in [7, 11) is 1.72. The third-order valence-corrected chi connectivity index (χ3v) is 4.17. The van der Waals surface area contributed by atoms with Crippen LogP contribution in [0.15, 0.2) is 24.3 Å². The van der Waals surface area contributed by atoms with Gasteiger partial charge >= 0.3 is 0 Å². The van der Waals surface area contributed by atoms with Crippen LogP contribution in [0.3, 0.4) is 0 Å². The molecular weight excluding hydrogens is 242 g/mol. The molecule has 1 fully saturated rings. The Morgan fingerprint density at radius 3 is 2.00 bits per heavy atom. The molecule has 0 aromatic heterocycles. The minimum Gasteiger partial charge on any atom is -0.381 e. The van der Waals surface area contributed by atoms with Crippen molar-refractivity contribution in [2.45, 2.75) is 37.8 Å². The third-order valence-electron chi connectivity index (χ3n) is 4.17. The number of carbonyl (C=O) groups excluding carboxylic acids is 2. The molecule has 0 atom stereocenters. The molecule has 0 N–H and O–H groups in total. The number of methoxy groups -OCH3 is 1. The summed E-state index contributed by atoms with van der Waals surface area (Å²) < 4.78 is 5.33. The number of carbonyl (C=O) groups is 2. The van der Waals surface area contributed by atoms with Gasteiger partial charge in [-0.05, 0) is 37.8 Å². The third kappa shape index (κ3) is 1.96. The Hall–Kier alpha value is -1.68. The summed E-state index contributed by atoms with van der Waals surface area (Å²) in [6.45, 7) is 0. The monoisotopic (exact) mass is 259 g/mol. The Bertz CT molecular complexity index is 483. The number of ether oxygens (including phenoxy) is 1. The topological polar surface area (TPSA) is 46.6 Å². The molecule has 0 spiro atoms. The molecule has 2 amide bonds. The average Bonchev–Trinajstić information content (AvgIpc) is 2.72. The van der Waals surface area contributed by atoms with Gasteiger partial charge in [-0.2, -0.15) is 0 Å². The summed E-state index contributed by atoms with van der Waals surface area (Å²) in [5.74, 6) is -0.275. The highest BCUT2D eigenvalue weighted by Gasteiger charge is 2.40. The molecule has 1 aliphatic carbocycles. The van der Waals surface area contributed by atoms with E-state index < -0.39 is 0 Å². The van der Waals surface area contributed by atoms with Gasteiger partial charge in [0.15, 0.2) is 0 Å². The Balaban J connectivity index is 1.81. The molecule has 3 rings (SSSR count). The van der Waals surface area contributed by atoms with Crippen LogP contribution in [0.1, 0.15) is 46.4 Å². The Kier molecular flexibility index (Phi) is 3.11. The fourth-order valence-corrected chi connectivity index (χ4v) is 3.08. The van der Waals surface area contributed by atoms with Gasteiger partial charge in [0, 0.05) is 13.2 Å². The van der Waals surface area contributed by atoms with Crippen LogP contribution in [-0.4, -0.2) is 36.0 Å².